The maximum Gasteiger partial charge on any atom is 0.247 e. The lowest BCUT2D eigenvalue weighted by molar-refractivity contribution is 0.390. The number of fused-ring (bicyclic) bond motifs is 3. The Morgan fingerprint density at radius 2 is 2.00 bits per heavy atom. The summed E-state index contributed by atoms with van der Waals surface area (Å²) < 4.78 is 27.6. The van der Waals surface area contributed by atoms with Crippen molar-refractivity contribution in [2.24, 2.45) is 0 Å². The minimum Gasteiger partial charge on any atom is -0.358 e. The topological polar surface area (TPSA) is 81.8 Å². The molecule has 2 N–H and O–H groups in total. The molecule has 0 atom stereocenters. The molecule has 0 aliphatic carbocycles. The zero-order valence-electron chi connectivity index (χ0n) is 13.0. The van der Waals surface area contributed by atoms with Crippen LogP contribution in [0.25, 0.3) is 10.9 Å². The van der Waals surface area contributed by atoms with Crippen LogP contribution in [-0.4, -0.2) is 34.4 Å². The highest BCUT2D eigenvalue weighted by atomic mass is 32.2. The molecule has 6 nitrogen and oxygen atoms in total. The zero-order chi connectivity index (χ0) is 16.2. The van der Waals surface area contributed by atoms with E-state index in [1.165, 1.54) is 0 Å². The van der Waals surface area contributed by atoms with Crippen molar-refractivity contribution in [3.05, 3.63) is 46.9 Å². The van der Waals surface area contributed by atoms with Gasteiger partial charge >= 0.3 is 0 Å². The van der Waals surface area contributed by atoms with Gasteiger partial charge in [-0.05, 0) is 25.5 Å². The van der Waals surface area contributed by atoms with E-state index in [9.17, 15) is 8.42 Å². The fraction of sp³-hybridized carbons (Fsp3) is 0.312. The quantitative estimate of drug-likeness (QED) is 0.756. The second-order valence-electron chi connectivity index (χ2n) is 5.98. The van der Waals surface area contributed by atoms with E-state index in [0.29, 0.717) is 35.8 Å². The maximum absolute atomic E-state index is 13.0. The van der Waals surface area contributed by atoms with Crippen LogP contribution >= 0.6 is 0 Å². The zero-order valence-corrected chi connectivity index (χ0v) is 13.9. The van der Waals surface area contributed by atoms with Gasteiger partial charge in [0.2, 0.25) is 10.0 Å². The lowest BCUT2D eigenvalue weighted by Gasteiger charge is -2.26. The molecule has 0 saturated heterocycles. The molecular weight excluding hydrogens is 312 g/mol. The molecule has 1 aliphatic rings. The first kappa shape index (κ1) is 14.5. The predicted octanol–water partition coefficient (Wildman–Crippen LogP) is 2.25. The molecular formula is C16H18N4O2S. The molecule has 23 heavy (non-hydrogen) atoms. The summed E-state index contributed by atoms with van der Waals surface area (Å²) >= 11 is 0. The number of benzene rings is 1. The third-order valence-electron chi connectivity index (χ3n) is 4.51. The van der Waals surface area contributed by atoms with Crippen molar-refractivity contribution in [2.45, 2.75) is 31.7 Å². The number of aromatic amines is 2. The molecule has 1 aliphatic heterocycles. The van der Waals surface area contributed by atoms with Crippen LogP contribution in [0.15, 0.2) is 29.2 Å². The number of aromatic nitrogens is 3. The number of sulfonamides is 1. The molecule has 2 aromatic heterocycles. The molecule has 0 spiro atoms. The van der Waals surface area contributed by atoms with Gasteiger partial charge in [-0.1, -0.05) is 18.2 Å². The van der Waals surface area contributed by atoms with Crippen LogP contribution in [0.3, 0.4) is 0 Å². The van der Waals surface area contributed by atoms with Crippen LogP contribution in [0.5, 0.6) is 0 Å². The smallest absolute Gasteiger partial charge is 0.247 e. The number of nitrogens with zero attached hydrogens (tertiary/aromatic N) is 2. The molecule has 120 valence electrons. The third kappa shape index (κ3) is 2.11. The normalized spacial score (nSPS) is 15.9. The Kier molecular flexibility index (Phi) is 3.11. The van der Waals surface area contributed by atoms with Gasteiger partial charge in [-0.3, -0.25) is 5.10 Å². The molecule has 0 saturated carbocycles. The minimum atomic E-state index is -3.54. The van der Waals surface area contributed by atoms with Crippen molar-refractivity contribution in [3.8, 4) is 0 Å². The molecule has 7 heteroatoms. The van der Waals surface area contributed by atoms with Crippen molar-refractivity contribution in [3.63, 3.8) is 0 Å². The van der Waals surface area contributed by atoms with Gasteiger partial charge in [-0.2, -0.15) is 9.40 Å². The van der Waals surface area contributed by atoms with Crippen molar-refractivity contribution >= 4 is 20.9 Å². The summed E-state index contributed by atoms with van der Waals surface area (Å²) in [7, 11) is -3.54. The summed E-state index contributed by atoms with van der Waals surface area (Å²) in [4.78, 5) is 3.71. The molecule has 3 aromatic rings. The first-order valence-corrected chi connectivity index (χ1v) is 9.02. The van der Waals surface area contributed by atoms with Gasteiger partial charge in [-0.15, -0.1) is 0 Å². The van der Waals surface area contributed by atoms with Gasteiger partial charge in [0.25, 0.3) is 0 Å². The molecule has 0 unspecified atom stereocenters. The summed E-state index contributed by atoms with van der Waals surface area (Å²) in [6, 6.07) is 8.03. The van der Waals surface area contributed by atoms with E-state index < -0.39 is 10.0 Å². The van der Waals surface area contributed by atoms with Gasteiger partial charge < -0.3 is 4.98 Å². The van der Waals surface area contributed by atoms with Crippen LogP contribution in [0.1, 0.15) is 22.6 Å². The number of nitrogens with one attached hydrogen (secondary N) is 2. The summed E-state index contributed by atoms with van der Waals surface area (Å²) in [5.74, 6) is 0. The molecule has 0 amide bonds. The molecule has 4 rings (SSSR count). The number of para-hydroxylation sites is 1. The fourth-order valence-electron chi connectivity index (χ4n) is 3.40. The van der Waals surface area contributed by atoms with E-state index in [2.05, 4.69) is 15.2 Å². The van der Waals surface area contributed by atoms with Gasteiger partial charge in [0, 0.05) is 36.1 Å². The molecule has 0 radical (unpaired) electrons. The standard InChI is InChI=1S/C16H18N4O2S/c1-10-16(11(2)19-18-10)23(21,22)20-8-7-15-13(9-20)12-5-3-4-6-14(12)17-15/h3-6,17H,7-9H2,1-2H3,(H,18,19). The molecule has 0 bridgehead atoms. The maximum atomic E-state index is 13.0. The van der Waals surface area contributed by atoms with E-state index in [1.54, 1.807) is 18.2 Å². The van der Waals surface area contributed by atoms with Crippen LogP contribution < -0.4 is 0 Å². The van der Waals surface area contributed by atoms with Gasteiger partial charge in [-0.25, -0.2) is 8.42 Å². The number of hydrogen-bond acceptors (Lipinski definition) is 3. The summed E-state index contributed by atoms with van der Waals surface area (Å²) in [5.41, 5.74) is 4.39. The van der Waals surface area contributed by atoms with Gasteiger partial charge in [0.05, 0.1) is 11.4 Å². The number of rotatable bonds is 2. The van der Waals surface area contributed by atoms with Crippen molar-refractivity contribution < 1.29 is 8.42 Å². The number of hydrogen-bond donors (Lipinski definition) is 2. The third-order valence-corrected chi connectivity index (χ3v) is 6.62. The van der Waals surface area contributed by atoms with Crippen molar-refractivity contribution in [1.82, 2.24) is 19.5 Å². The van der Waals surface area contributed by atoms with E-state index >= 15 is 0 Å². The average molecular weight is 330 g/mol. The van der Waals surface area contributed by atoms with E-state index in [-0.39, 0.29) is 0 Å². The Balaban J connectivity index is 1.78. The Labute approximate surface area is 134 Å². The van der Waals surface area contributed by atoms with Crippen LogP contribution in [-0.2, 0) is 23.0 Å². The van der Waals surface area contributed by atoms with Crippen molar-refractivity contribution in [1.29, 1.82) is 0 Å². The Morgan fingerprint density at radius 3 is 2.74 bits per heavy atom. The van der Waals surface area contributed by atoms with Gasteiger partial charge in [0.1, 0.15) is 4.90 Å². The average Bonchev–Trinajstić information content (AvgIpc) is 3.07. The first-order valence-electron chi connectivity index (χ1n) is 7.58. The van der Waals surface area contributed by atoms with Crippen LogP contribution in [0, 0.1) is 13.8 Å². The second-order valence-corrected chi connectivity index (χ2v) is 7.85. The van der Waals surface area contributed by atoms with Crippen LogP contribution in [0.4, 0.5) is 0 Å². The summed E-state index contributed by atoms with van der Waals surface area (Å²) in [6.07, 6.45) is 0.694. The Hall–Kier alpha value is -2.12. The first-order chi connectivity index (χ1) is 11.0. The fourth-order valence-corrected chi connectivity index (χ4v) is 5.14. The second kappa shape index (κ2) is 4.94. The highest BCUT2D eigenvalue weighted by Gasteiger charge is 2.33. The highest BCUT2D eigenvalue weighted by Crippen LogP contribution is 2.31. The van der Waals surface area contributed by atoms with E-state index in [0.717, 1.165) is 22.2 Å². The lowest BCUT2D eigenvalue weighted by atomic mass is 10.1. The summed E-state index contributed by atoms with van der Waals surface area (Å²) in [5, 5.41) is 7.89. The van der Waals surface area contributed by atoms with Gasteiger partial charge in [0.15, 0.2) is 0 Å². The minimum absolute atomic E-state index is 0.306. The largest absolute Gasteiger partial charge is 0.358 e. The SMILES string of the molecule is Cc1n[nH]c(C)c1S(=O)(=O)N1CCc2[nH]c3ccccc3c2C1. The number of H-pyrrole nitrogens is 2. The molecule has 3 heterocycles. The number of aryl methyl sites for hydroxylation is 2. The van der Waals surface area contributed by atoms with E-state index in [1.807, 2.05) is 24.3 Å². The molecule has 1 aromatic carbocycles. The van der Waals surface area contributed by atoms with E-state index in [4.69, 9.17) is 0 Å². The highest BCUT2D eigenvalue weighted by molar-refractivity contribution is 7.89. The van der Waals surface area contributed by atoms with Crippen LogP contribution in [0.2, 0.25) is 0 Å². The summed E-state index contributed by atoms with van der Waals surface area (Å²) in [6.45, 7) is 4.34. The Bertz CT molecular complexity index is 981. The Morgan fingerprint density at radius 1 is 1.22 bits per heavy atom. The predicted molar refractivity (Wildman–Crippen MR) is 87.7 cm³/mol. The molecule has 0 fully saturated rings. The monoisotopic (exact) mass is 330 g/mol. The van der Waals surface area contributed by atoms with Crippen molar-refractivity contribution in [2.75, 3.05) is 6.54 Å². The lowest BCUT2D eigenvalue weighted by Crippen LogP contribution is -2.36.